The van der Waals surface area contributed by atoms with Crippen LogP contribution in [0.5, 0.6) is 0 Å². The van der Waals surface area contributed by atoms with E-state index in [1.165, 1.54) is 0 Å². The van der Waals surface area contributed by atoms with Crippen molar-refractivity contribution in [3.05, 3.63) is 22.6 Å². The molecule has 0 spiro atoms. The van der Waals surface area contributed by atoms with Crippen molar-refractivity contribution in [2.75, 3.05) is 0 Å². The van der Waals surface area contributed by atoms with Gasteiger partial charge in [0.15, 0.2) is 0 Å². The topological polar surface area (TPSA) is 39.4 Å². The third-order valence-electron chi connectivity index (χ3n) is 2.38. The smallest absolute Gasteiger partial charge is 0.148 e. The molecule has 0 saturated carbocycles. The number of furan rings is 1. The first-order valence-electron chi connectivity index (χ1n) is 4.65. The molecular formula is C10H11BrO3. The van der Waals surface area contributed by atoms with E-state index in [2.05, 4.69) is 15.9 Å². The van der Waals surface area contributed by atoms with Gasteiger partial charge in [-0.05, 0) is 41.3 Å². The van der Waals surface area contributed by atoms with Crippen molar-refractivity contribution >= 4 is 22.2 Å². The van der Waals surface area contributed by atoms with E-state index in [1.807, 2.05) is 6.07 Å². The number of halogens is 1. The van der Waals surface area contributed by atoms with E-state index >= 15 is 0 Å². The highest BCUT2D eigenvalue weighted by molar-refractivity contribution is 9.10. The molecule has 14 heavy (non-hydrogen) atoms. The van der Waals surface area contributed by atoms with Gasteiger partial charge in [0.2, 0.25) is 0 Å². The van der Waals surface area contributed by atoms with Crippen LogP contribution >= 0.6 is 15.9 Å². The summed E-state index contributed by atoms with van der Waals surface area (Å²) in [5.41, 5.74) is 0. The van der Waals surface area contributed by atoms with Crippen LogP contribution in [-0.4, -0.2) is 12.4 Å². The molecule has 1 fully saturated rings. The van der Waals surface area contributed by atoms with Crippen LogP contribution in [0.4, 0.5) is 0 Å². The lowest BCUT2D eigenvalue weighted by atomic mass is 10.0. The molecule has 2 atom stereocenters. The summed E-state index contributed by atoms with van der Waals surface area (Å²) in [7, 11) is 0. The first-order chi connectivity index (χ1) is 6.81. The highest BCUT2D eigenvalue weighted by atomic mass is 79.9. The van der Waals surface area contributed by atoms with Gasteiger partial charge in [-0.3, -0.25) is 0 Å². The Morgan fingerprint density at radius 1 is 1.50 bits per heavy atom. The largest absolute Gasteiger partial charge is 0.465 e. The third kappa shape index (κ3) is 1.91. The summed E-state index contributed by atoms with van der Waals surface area (Å²) in [5.74, 6) is 0.788. The minimum Gasteiger partial charge on any atom is -0.465 e. The SMILES string of the molecule is O=CC1CCCC(c2occc2Br)O1. The minimum absolute atomic E-state index is 0.0803. The second-order valence-electron chi connectivity index (χ2n) is 3.36. The fourth-order valence-electron chi connectivity index (χ4n) is 1.68. The summed E-state index contributed by atoms with van der Waals surface area (Å²) in [6.07, 6.45) is 4.86. The molecule has 1 aromatic heterocycles. The molecule has 1 aliphatic heterocycles. The average Bonchev–Trinajstić information content (AvgIpc) is 2.65. The Labute approximate surface area is 90.6 Å². The van der Waals surface area contributed by atoms with E-state index < -0.39 is 0 Å². The Balaban J connectivity index is 2.11. The van der Waals surface area contributed by atoms with Gasteiger partial charge >= 0.3 is 0 Å². The minimum atomic E-state index is -0.272. The van der Waals surface area contributed by atoms with E-state index in [0.29, 0.717) is 0 Å². The highest BCUT2D eigenvalue weighted by Gasteiger charge is 2.26. The summed E-state index contributed by atoms with van der Waals surface area (Å²) >= 11 is 3.38. The molecule has 0 amide bonds. The standard InChI is InChI=1S/C10H11BrO3/c11-8-4-5-13-10(8)9-3-1-2-7(6-12)14-9/h4-7,9H,1-3H2. The van der Waals surface area contributed by atoms with Gasteiger partial charge in [-0.2, -0.15) is 0 Å². The van der Waals surface area contributed by atoms with Crippen molar-refractivity contribution in [1.29, 1.82) is 0 Å². The van der Waals surface area contributed by atoms with Crippen LogP contribution in [0.15, 0.2) is 21.2 Å². The van der Waals surface area contributed by atoms with Gasteiger partial charge in [-0.25, -0.2) is 0 Å². The lowest BCUT2D eigenvalue weighted by molar-refractivity contribution is -0.128. The molecule has 0 radical (unpaired) electrons. The maximum atomic E-state index is 10.6. The van der Waals surface area contributed by atoms with Crippen molar-refractivity contribution in [3.8, 4) is 0 Å². The summed E-state index contributed by atoms with van der Waals surface area (Å²) in [5, 5.41) is 0. The normalized spacial score (nSPS) is 27.5. The van der Waals surface area contributed by atoms with Crippen molar-refractivity contribution in [2.24, 2.45) is 0 Å². The fourth-order valence-corrected chi connectivity index (χ4v) is 2.14. The van der Waals surface area contributed by atoms with Crippen LogP contribution in [0.3, 0.4) is 0 Å². The van der Waals surface area contributed by atoms with Crippen LogP contribution in [-0.2, 0) is 9.53 Å². The Morgan fingerprint density at radius 3 is 3.00 bits per heavy atom. The van der Waals surface area contributed by atoms with Gasteiger partial charge in [0, 0.05) is 0 Å². The molecule has 0 aliphatic carbocycles. The summed E-state index contributed by atoms with van der Waals surface area (Å²) in [4.78, 5) is 10.6. The maximum Gasteiger partial charge on any atom is 0.148 e. The first kappa shape index (κ1) is 9.93. The molecule has 0 bridgehead atoms. The predicted octanol–water partition coefficient (Wildman–Crippen LogP) is 2.85. The molecule has 1 aromatic rings. The van der Waals surface area contributed by atoms with Gasteiger partial charge in [0.05, 0.1) is 10.7 Å². The predicted molar refractivity (Wildman–Crippen MR) is 53.9 cm³/mol. The molecule has 1 saturated heterocycles. The molecule has 2 heterocycles. The zero-order valence-corrected chi connectivity index (χ0v) is 9.20. The molecule has 76 valence electrons. The van der Waals surface area contributed by atoms with Crippen molar-refractivity contribution in [2.45, 2.75) is 31.5 Å². The Bertz CT molecular complexity index is 321. The molecular weight excluding hydrogens is 248 g/mol. The quantitative estimate of drug-likeness (QED) is 0.766. The zero-order chi connectivity index (χ0) is 9.97. The van der Waals surface area contributed by atoms with E-state index in [0.717, 1.165) is 35.8 Å². The Kier molecular flexibility index (Phi) is 3.03. The molecule has 1 aliphatic rings. The zero-order valence-electron chi connectivity index (χ0n) is 7.61. The summed E-state index contributed by atoms with van der Waals surface area (Å²) in [6, 6.07) is 1.84. The molecule has 4 heteroatoms. The van der Waals surface area contributed by atoms with Crippen LogP contribution in [0.25, 0.3) is 0 Å². The van der Waals surface area contributed by atoms with Gasteiger partial charge in [0.25, 0.3) is 0 Å². The van der Waals surface area contributed by atoms with Gasteiger partial charge in [-0.1, -0.05) is 0 Å². The molecule has 0 aromatic carbocycles. The number of carbonyl (C=O) groups excluding carboxylic acids is 1. The number of hydrogen-bond acceptors (Lipinski definition) is 3. The van der Waals surface area contributed by atoms with Gasteiger partial charge in [-0.15, -0.1) is 0 Å². The number of carbonyl (C=O) groups is 1. The third-order valence-corrected chi connectivity index (χ3v) is 3.04. The van der Waals surface area contributed by atoms with Gasteiger partial charge < -0.3 is 13.9 Å². The lowest BCUT2D eigenvalue weighted by Crippen LogP contribution is -2.23. The van der Waals surface area contributed by atoms with Crippen LogP contribution in [0, 0.1) is 0 Å². The number of ether oxygens (including phenoxy) is 1. The van der Waals surface area contributed by atoms with Crippen molar-refractivity contribution < 1.29 is 13.9 Å². The summed E-state index contributed by atoms with van der Waals surface area (Å²) < 4.78 is 11.8. The lowest BCUT2D eigenvalue weighted by Gasteiger charge is -2.25. The van der Waals surface area contributed by atoms with E-state index in [1.54, 1.807) is 6.26 Å². The van der Waals surface area contributed by atoms with Crippen molar-refractivity contribution in [3.63, 3.8) is 0 Å². The first-order valence-corrected chi connectivity index (χ1v) is 5.44. The monoisotopic (exact) mass is 258 g/mol. The molecule has 3 nitrogen and oxygen atoms in total. The van der Waals surface area contributed by atoms with E-state index in [4.69, 9.17) is 9.15 Å². The fraction of sp³-hybridized carbons (Fsp3) is 0.500. The second kappa shape index (κ2) is 4.28. The molecule has 0 N–H and O–H groups in total. The highest BCUT2D eigenvalue weighted by Crippen LogP contribution is 2.35. The van der Waals surface area contributed by atoms with E-state index in [-0.39, 0.29) is 12.2 Å². The average molecular weight is 259 g/mol. The van der Waals surface area contributed by atoms with Crippen LogP contribution in [0.1, 0.15) is 31.1 Å². The van der Waals surface area contributed by atoms with Gasteiger partial charge in [0.1, 0.15) is 24.3 Å². The van der Waals surface area contributed by atoms with Crippen LogP contribution < -0.4 is 0 Å². The number of rotatable bonds is 2. The second-order valence-corrected chi connectivity index (χ2v) is 4.22. The number of hydrogen-bond donors (Lipinski definition) is 0. The Morgan fingerprint density at radius 2 is 2.36 bits per heavy atom. The summed E-state index contributed by atoms with van der Waals surface area (Å²) in [6.45, 7) is 0. The van der Waals surface area contributed by atoms with Crippen molar-refractivity contribution in [1.82, 2.24) is 0 Å². The Hall–Kier alpha value is -0.610. The molecule has 2 unspecified atom stereocenters. The van der Waals surface area contributed by atoms with E-state index in [9.17, 15) is 4.79 Å². The molecule has 2 rings (SSSR count). The number of aldehydes is 1. The maximum absolute atomic E-state index is 10.6. The van der Waals surface area contributed by atoms with Crippen LogP contribution in [0.2, 0.25) is 0 Å².